The van der Waals surface area contributed by atoms with E-state index in [0.29, 0.717) is 28.6 Å². The van der Waals surface area contributed by atoms with Crippen molar-refractivity contribution in [3.05, 3.63) is 42.5 Å². The zero-order chi connectivity index (χ0) is 19.8. The van der Waals surface area contributed by atoms with Crippen LogP contribution < -0.4 is 24.8 Å². The van der Waals surface area contributed by atoms with Crippen LogP contribution in [0.25, 0.3) is 0 Å². The number of carbonyl (C=O) groups is 2. The van der Waals surface area contributed by atoms with E-state index in [-0.39, 0.29) is 24.3 Å². The molecule has 0 radical (unpaired) electrons. The molecular formula is C20H24N2O5. The smallest absolute Gasteiger partial charge is 0.262 e. The minimum absolute atomic E-state index is 0.150. The largest absolute Gasteiger partial charge is 0.494 e. The number of benzene rings is 2. The van der Waals surface area contributed by atoms with Crippen LogP contribution in [-0.2, 0) is 9.59 Å². The lowest BCUT2D eigenvalue weighted by molar-refractivity contribution is -0.119. The highest BCUT2D eigenvalue weighted by atomic mass is 16.5. The van der Waals surface area contributed by atoms with Crippen LogP contribution >= 0.6 is 0 Å². The van der Waals surface area contributed by atoms with E-state index in [1.54, 1.807) is 38.1 Å². The molecule has 2 rings (SSSR count). The second-order valence-corrected chi connectivity index (χ2v) is 6.05. The van der Waals surface area contributed by atoms with Gasteiger partial charge in [-0.25, -0.2) is 0 Å². The van der Waals surface area contributed by atoms with Gasteiger partial charge < -0.3 is 24.8 Å². The first-order valence-corrected chi connectivity index (χ1v) is 8.49. The molecule has 0 aromatic heterocycles. The summed E-state index contributed by atoms with van der Waals surface area (Å²) in [7, 11) is 2.96. The van der Waals surface area contributed by atoms with Crippen LogP contribution in [-0.4, -0.2) is 32.6 Å². The fourth-order valence-electron chi connectivity index (χ4n) is 2.22. The fraction of sp³-hybridized carbons (Fsp3) is 0.300. The number of rotatable bonds is 8. The third-order valence-electron chi connectivity index (χ3n) is 3.69. The van der Waals surface area contributed by atoms with Crippen LogP contribution in [0.5, 0.6) is 17.2 Å². The van der Waals surface area contributed by atoms with Gasteiger partial charge in [0.1, 0.15) is 17.2 Å². The zero-order valence-corrected chi connectivity index (χ0v) is 15.9. The summed E-state index contributed by atoms with van der Waals surface area (Å²) >= 11 is 0. The molecule has 0 heterocycles. The maximum Gasteiger partial charge on any atom is 0.262 e. The lowest BCUT2D eigenvalue weighted by atomic mass is 10.2. The van der Waals surface area contributed by atoms with E-state index in [1.807, 2.05) is 18.2 Å². The highest BCUT2D eigenvalue weighted by molar-refractivity contribution is 5.97. The van der Waals surface area contributed by atoms with Crippen LogP contribution in [0.15, 0.2) is 42.5 Å². The van der Waals surface area contributed by atoms with Crippen LogP contribution in [0.4, 0.5) is 11.4 Å². The van der Waals surface area contributed by atoms with Gasteiger partial charge in [-0.05, 0) is 12.1 Å². The van der Waals surface area contributed by atoms with Crippen LogP contribution in [0.3, 0.4) is 0 Å². The van der Waals surface area contributed by atoms with Crippen molar-refractivity contribution in [1.82, 2.24) is 0 Å². The van der Waals surface area contributed by atoms with Gasteiger partial charge in [0.25, 0.3) is 5.91 Å². The van der Waals surface area contributed by atoms with E-state index < -0.39 is 0 Å². The van der Waals surface area contributed by atoms with Gasteiger partial charge >= 0.3 is 0 Å². The Morgan fingerprint density at radius 2 is 1.48 bits per heavy atom. The summed E-state index contributed by atoms with van der Waals surface area (Å²) in [5.41, 5.74) is 0.880. The number of hydrogen-bond donors (Lipinski definition) is 2. The number of nitrogens with one attached hydrogen (secondary N) is 2. The highest BCUT2D eigenvalue weighted by Gasteiger charge is 2.16. The second-order valence-electron chi connectivity index (χ2n) is 6.05. The van der Waals surface area contributed by atoms with Gasteiger partial charge in [-0.1, -0.05) is 32.0 Å². The summed E-state index contributed by atoms with van der Waals surface area (Å²) < 4.78 is 16.1. The van der Waals surface area contributed by atoms with E-state index in [0.717, 1.165) is 0 Å². The third-order valence-corrected chi connectivity index (χ3v) is 3.69. The first-order chi connectivity index (χ1) is 12.9. The Labute approximate surface area is 158 Å². The lowest BCUT2D eigenvalue weighted by Gasteiger charge is -2.17. The Morgan fingerprint density at radius 3 is 2.00 bits per heavy atom. The Hall–Kier alpha value is -3.22. The Morgan fingerprint density at radius 1 is 0.926 bits per heavy atom. The molecule has 0 aliphatic heterocycles. The number of ether oxygens (including phenoxy) is 3. The molecule has 0 spiro atoms. The minimum Gasteiger partial charge on any atom is -0.494 e. The molecule has 0 saturated carbocycles. The molecule has 0 unspecified atom stereocenters. The number of amides is 2. The standard InChI is InChI=1S/C20H24N2O5/c1-13(2)20(24)22-16-11-17(25-3)15(10-18(16)26-4)21-19(23)12-27-14-8-6-5-7-9-14/h5-11,13H,12H2,1-4H3,(H,21,23)(H,22,24). The fourth-order valence-corrected chi connectivity index (χ4v) is 2.22. The van der Waals surface area contributed by atoms with Gasteiger partial charge in [-0.15, -0.1) is 0 Å². The van der Waals surface area contributed by atoms with Crippen molar-refractivity contribution in [1.29, 1.82) is 0 Å². The first kappa shape index (κ1) is 20.1. The SMILES string of the molecule is COc1cc(NC(=O)C(C)C)c(OC)cc1NC(=O)COc1ccccc1. The van der Waals surface area contributed by atoms with Crippen LogP contribution in [0.1, 0.15) is 13.8 Å². The van der Waals surface area contributed by atoms with Gasteiger partial charge in [0.15, 0.2) is 6.61 Å². The van der Waals surface area contributed by atoms with Crippen LogP contribution in [0.2, 0.25) is 0 Å². The molecule has 2 amide bonds. The van der Waals surface area contributed by atoms with E-state index in [9.17, 15) is 9.59 Å². The number of anilines is 2. The molecule has 0 aliphatic rings. The number of para-hydroxylation sites is 1. The predicted octanol–water partition coefficient (Wildman–Crippen LogP) is 3.32. The normalized spacial score (nSPS) is 10.3. The number of methoxy groups -OCH3 is 2. The molecule has 0 saturated heterocycles. The molecule has 144 valence electrons. The topological polar surface area (TPSA) is 85.9 Å². The first-order valence-electron chi connectivity index (χ1n) is 8.49. The molecule has 7 heteroatoms. The second kappa shape index (κ2) is 9.47. The molecule has 0 bridgehead atoms. The van der Waals surface area contributed by atoms with Crippen molar-refractivity contribution in [2.24, 2.45) is 5.92 Å². The summed E-state index contributed by atoms with van der Waals surface area (Å²) in [5, 5.41) is 5.51. The molecule has 7 nitrogen and oxygen atoms in total. The van der Waals surface area contributed by atoms with Crippen molar-refractivity contribution in [2.75, 3.05) is 31.5 Å². The minimum atomic E-state index is -0.349. The quantitative estimate of drug-likeness (QED) is 0.742. The predicted molar refractivity (Wildman–Crippen MR) is 104 cm³/mol. The molecule has 2 aromatic rings. The molecular weight excluding hydrogens is 348 g/mol. The van der Waals surface area contributed by atoms with E-state index in [2.05, 4.69) is 10.6 Å². The van der Waals surface area contributed by atoms with E-state index in [1.165, 1.54) is 14.2 Å². The molecule has 27 heavy (non-hydrogen) atoms. The maximum absolute atomic E-state index is 12.2. The van der Waals surface area contributed by atoms with Gasteiger partial charge in [-0.2, -0.15) is 0 Å². The molecule has 2 aromatic carbocycles. The Balaban J connectivity index is 2.13. The Bertz CT molecular complexity index is 790. The van der Waals surface area contributed by atoms with Gasteiger partial charge in [0, 0.05) is 18.1 Å². The van der Waals surface area contributed by atoms with E-state index >= 15 is 0 Å². The monoisotopic (exact) mass is 372 g/mol. The van der Waals surface area contributed by atoms with Crippen molar-refractivity contribution in [3.8, 4) is 17.2 Å². The van der Waals surface area contributed by atoms with Gasteiger partial charge in [0.05, 0.1) is 25.6 Å². The van der Waals surface area contributed by atoms with Crippen molar-refractivity contribution in [2.45, 2.75) is 13.8 Å². The molecule has 0 fully saturated rings. The maximum atomic E-state index is 12.2. The highest BCUT2D eigenvalue weighted by Crippen LogP contribution is 2.36. The molecule has 0 aliphatic carbocycles. The van der Waals surface area contributed by atoms with E-state index in [4.69, 9.17) is 14.2 Å². The summed E-state index contributed by atoms with van der Waals surface area (Å²) in [6, 6.07) is 12.2. The Kier molecular flexibility index (Phi) is 7.05. The van der Waals surface area contributed by atoms with Crippen LogP contribution in [0, 0.1) is 5.92 Å². The molecule has 0 atom stereocenters. The summed E-state index contributed by atoms with van der Waals surface area (Å²) in [5.74, 6) is 0.715. The number of hydrogen-bond acceptors (Lipinski definition) is 5. The molecule has 2 N–H and O–H groups in total. The number of carbonyl (C=O) groups excluding carboxylic acids is 2. The van der Waals surface area contributed by atoms with Crippen molar-refractivity contribution < 1.29 is 23.8 Å². The van der Waals surface area contributed by atoms with Crippen molar-refractivity contribution >= 4 is 23.2 Å². The summed E-state index contributed by atoms with van der Waals surface area (Å²) in [6.45, 7) is 3.43. The van der Waals surface area contributed by atoms with Crippen molar-refractivity contribution in [3.63, 3.8) is 0 Å². The third kappa shape index (κ3) is 5.64. The van der Waals surface area contributed by atoms with Gasteiger partial charge in [-0.3, -0.25) is 9.59 Å². The lowest BCUT2D eigenvalue weighted by Crippen LogP contribution is -2.21. The summed E-state index contributed by atoms with van der Waals surface area (Å²) in [4.78, 5) is 24.2. The van der Waals surface area contributed by atoms with Gasteiger partial charge in [0.2, 0.25) is 5.91 Å². The summed E-state index contributed by atoms with van der Waals surface area (Å²) in [6.07, 6.45) is 0. The average Bonchev–Trinajstić information content (AvgIpc) is 2.67. The zero-order valence-electron chi connectivity index (χ0n) is 15.9. The average molecular weight is 372 g/mol.